The van der Waals surface area contributed by atoms with E-state index in [1.54, 1.807) is 17.0 Å². The minimum atomic E-state index is -0.0724. The molecule has 2 aromatic rings. The van der Waals surface area contributed by atoms with E-state index in [0.717, 1.165) is 30.8 Å². The summed E-state index contributed by atoms with van der Waals surface area (Å²) in [6, 6.07) is 15.2. The highest BCUT2D eigenvalue weighted by Crippen LogP contribution is 2.26. The second kappa shape index (κ2) is 7.38. The Bertz CT molecular complexity index is 673. The van der Waals surface area contributed by atoms with Crippen LogP contribution < -0.4 is 15.0 Å². The number of rotatable bonds is 4. The number of fused-ring (bicyclic) bond motifs is 1. The minimum Gasteiger partial charge on any atom is -0.492 e. The molecule has 2 aromatic carbocycles. The summed E-state index contributed by atoms with van der Waals surface area (Å²) in [4.78, 5) is 14.2. The Balaban J connectivity index is 1.49. The lowest BCUT2D eigenvalue weighted by molar-refractivity contribution is 0.241. The lowest BCUT2D eigenvalue weighted by Gasteiger charge is -2.29. The van der Waals surface area contributed by atoms with Gasteiger partial charge in [0.2, 0.25) is 0 Å². The zero-order valence-corrected chi connectivity index (χ0v) is 13.6. The number of ether oxygens (including phenoxy) is 1. The van der Waals surface area contributed by atoms with Crippen LogP contribution in [0.2, 0.25) is 5.02 Å². The predicted molar refractivity (Wildman–Crippen MR) is 92.5 cm³/mol. The van der Waals surface area contributed by atoms with Gasteiger partial charge in [-0.3, -0.25) is 4.90 Å². The van der Waals surface area contributed by atoms with Crippen molar-refractivity contribution in [2.45, 2.75) is 12.8 Å². The van der Waals surface area contributed by atoms with E-state index in [1.165, 1.54) is 5.56 Å². The number of carbonyl (C=O) groups excluding carboxylic acids is 1. The predicted octanol–water partition coefficient (Wildman–Crippen LogP) is 3.88. The first kappa shape index (κ1) is 15.7. The van der Waals surface area contributed by atoms with E-state index in [-0.39, 0.29) is 6.03 Å². The first-order valence-corrected chi connectivity index (χ1v) is 8.13. The van der Waals surface area contributed by atoms with E-state index in [2.05, 4.69) is 11.4 Å². The van der Waals surface area contributed by atoms with Crippen LogP contribution in [0.25, 0.3) is 0 Å². The van der Waals surface area contributed by atoms with Gasteiger partial charge in [-0.05, 0) is 48.7 Å². The highest BCUT2D eigenvalue weighted by Gasteiger charge is 2.21. The fourth-order valence-corrected chi connectivity index (χ4v) is 2.82. The summed E-state index contributed by atoms with van der Waals surface area (Å²) in [6.07, 6.45) is 2.02. The van der Waals surface area contributed by atoms with Gasteiger partial charge in [0.1, 0.15) is 12.4 Å². The number of hydrogen-bond donors (Lipinski definition) is 1. The number of carbonyl (C=O) groups is 1. The molecule has 3 rings (SSSR count). The van der Waals surface area contributed by atoms with Crippen molar-refractivity contribution < 1.29 is 9.53 Å². The van der Waals surface area contributed by atoms with E-state index in [0.29, 0.717) is 18.2 Å². The molecule has 0 unspecified atom stereocenters. The highest BCUT2D eigenvalue weighted by atomic mass is 35.5. The van der Waals surface area contributed by atoms with Gasteiger partial charge < -0.3 is 10.1 Å². The van der Waals surface area contributed by atoms with Crippen molar-refractivity contribution in [1.29, 1.82) is 0 Å². The van der Waals surface area contributed by atoms with Gasteiger partial charge in [-0.25, -0.2) is 4.79 Å². The maximum absolute atomic E-state index is 12.4. The Hall–Kier alpha value is -2.20. The van der Waals surface area contributed by atoms with Crippen LogP contribution in [0.3, 0.4) is 0 Å². The molecule has 5 heteroatoms. The molecule has 0 fully saturated rings. The average molecular weight is 331 g/mol. The van der Waals surface area contributed by atoms with Crippen LogP contribution in [0.15, 0.2) is 48.5 Å². The van der Waals surface area contributed by atoms with E-state index in [9.17, 15) is 4.79 Å². The van der Waals surface area contributed by atoms with Gasteiger partial charge in [0.05, 0.1) is 6.54 Å². The Kier molecular flexibility index (Phi) is 5.03. The quantitative estimate of drug-likeness (QED) is 0.864. The molecule has 0 aromatic heterocycles. The van der Waals surface area contributed by atoms with Crippen molar-refractivity contribution >= 4 is 23.3 Å². The number of nitrogens with zero attached hydrogens (tertiary/aromatic N) is 1. The summed E-state index contributed by atoms with van der Waals surface area (Å²) < 4.78 is 5.58. The summed E-state index contributed by atoms with van der Waals surface area (Å²) in [5, 5.41) is 3.59. The first-order valence-electron chi connectivity index (χ1n) is 7.76. The molecule has 1 aliphatic rings. The minimum absolute atomic E-state index is 0.0724. The van der Waals surface area contributed by atoms with Crippen molar-refractivity contribution in [1.82, 2.24) is 5.32 Å². The van der Waals surface area contributed by atoms with E-state index >= 15 is 0 Å². The van der Waals surface area contributed by atoms with Crippen LogP contribution >= 0.6 is 11.6 Å². The number of para-hydroxylation sites is 1. The molecule has 0 atom stereocenters. The number of amides is 2. The maximum Gasteiger partial charge on any atom is 0.321 e. The number of aryl methyl sites for hydroxylation is 1. The van der Waals surface area contributed by atoms with Crippen molar-refractivity contribution in [3.63, 3.8) is 0 Å². The fraction of sp³-hybridized carbons (Fsp3) is 0.278. The molecule has 120 valence electrons. The first-order chi connectivity index (χ1) is 11.2. The molecule has 0 spiro atoms. The summed E-state index contributed by atoms with van der Waals surface area (Å²) in [5.74, 6) is 0.743. The molecule has 1 N–H and O–H groups in total. The van der Waals surface area contributed by atoms with Crippen LogP contribution in [0.5, 0.6) is 5.75 Å². The number of nitrogens with one attached hydrogen (secondary N) is 1. The third-order valence-corrected chi connectivity index (χ3v) is 4.07. The lowest BCUT2D eigenvalue weighted by atomic mass is 10.0. The van der Waals surface area contributed by atoms with Crippen LogP contribution in [0.1, 0.15) is 12.0 Å². The van der Waals surface area contributed by atoms with Crippen LogP contribution in [-0.2, 0) is 6.42 Å². The Morgan fingerprint density at radius 3 is 2.78 bits per heavy atom. The molecular formula is C18H19ClN2O2. The third kappa shape index (κ3) is 3.96. The van der Waals surface area contributed by atoms with Gasteiger partial charge in [-0.15, -0.1) is 0 Å². The number of halogens is 1. The Morgan fingerprint density at radius 2 is 1.96 bits per heavy atom. The lowest BCUT2D eigenvalue weighted by Crippen LogP contribution is -2.44. The zero-order valence-electron chi connectivity index (χ0n) is 12.8. The van der Waals surface area contributed by atoms with Gasteiger partial charge in [0.15, 0.2) is 0 Å². The zero-order chi connectivity index (χ0) is 16.1. The number of hydrogen-bond acceptors (Lipinski definition) is 2. The molecule has 4 nitrogen and oxygen atoms in total. The second-order valence-corrected chi connectivity index (χ2v) is 5.85. The average Bonchev–Trinajstić information content (AvgIpc) is 2.59. The number of benzene rings is 2. The van der Waals surface area contributed by atoms with E-state index in [4.69, 9.17) is 16.3 Å². The molecular weight excluding hydrogens is 312 g/mol. The summed E-state index contributed by atoms with van der Waals surface area (Å²) in [7, 11) is 0. The molecule has 0 radical (unpaired) electrons. The van der Waals surface area contributed by atoms with Gasteiger partial charge in [0.25, 0.3) is 0 Å². The highest BCUT2D eigenvalue weighted by molar-refractivity contribution is 6.30. The van der Waals surface area contributed by atoms with E-state index in [1.807, 2.05) is 30.3 Å². The summed E-state index contributed by atoms with van der Waals surface area (Å²) >= 11 is 5.82. The molecule has 0 saturated carbocycles. The van der Waals surface area contributed by atoms with Crippen LogP contribution in [0.4, 0.5) is 10.5 Å². The molecule has 1 heterocycles. The molecule has 0 saturated heterocycles. The molecule has 2 amide bonds. The Morgan fingerprint density at radius 1 is 1.17 bits per heavy atom. The van der Waals surface area contributed by atoms with Gasteiger partial charge in [-0.1, -0.05) is 29.8 Å². The SMILES string of the molecule is O=C(NCCOc1ccc(Cl)cc1)N1CCCc2ccccc21. The van der Waals surface area contributed by atoms with Crippen LogP contribution in [0, 0.1) is 0 Å². The van der Waals surface area contributed by atoms with Crippen LogP contribution in [-0.4, -0.2) is 25.7 Å². The fourth-order valence-electron chi connectivity index (χ4n) is 2.70. The number of anilines is 1. The third-order valence-electron chi connectivity index (χ3n) is 3.82. The molecule has 0 aliphatic carbocycles. The molecule has 23 heavy (non-hydrogen) atoms. The van der Waals surface area contributed by atoms with Crippen molar-refractivity contribution in [3.05, 3.63) is 59.1 Å². The van der Waals surface area contributed by atoms with Gasteiger partial charge >= 0.3 is 6.03 Å². The van der Waals surface area contributed by atoms with Crippen molar-refractivity contribution in [3.8, 4) is 5.75 Å². The summed E-state index contributed by atoms with van der Waals surface area (Å²) in [6.45, 7) is 1.63. The van der Waals surface area contributed by atoms with Crippen molar-refractivity contribution in [2.24, 2.45) is 0 Å². The van der Waals surface area contributed by atoms with Crippen molar-refractivity contribution in [2.75, 3.05) is 24.6 Å². The molecule has 1 aliphatic heterocycles. The summed E-state index contributed by atoms with van der Waals surface area (Å²) in [5.41, 5.74) is 2.24. The largest absolute Gasteiger partial charge is 0.492 e. The maximum atomic E-state index is 12.4. The van der Waals surface area contributed by atoms with Gasteiger partial charge in [-0.2, -0.15) is 0 Å². The Labute approximate surface area is 141 Å². The molecule has 0 bridgehead atoms. The number of urea groups is 1. The van der Waals surface area contributed by atoms with E-state index < -0.39 is 0 Å². The second-order valence-electron chi connectivity index (χ2n) is 5.42. The normalized spacial score (nSPS) is 13.3. The van der Waals surface area contributed by atoms with Gasteiger partial charge in [0, 0.05) is 17.3 Å². The smallest absolute Gasteiger partial charge is 0.321 e. The standard InChI is InChI=1S/C18H19ClN2O2/c19-15-7-9-16(10-8-15)23-13-11-20-18(22)21-12-3-5-14-4-1-2-6-17(14)21/h1-2,4,6-10H,3,5,11-13H2,(H,20,22). The topological polar surface area (TPSA) is 41.6 Å². The monoisotopic (exact) mass is 330 g/mol.